The minimum absolute atomic E-state index is 0.623. The molecule has 1 rings (SSSR count). The van der Waals surface area contributed by atoms with Crippen LogP contribution >= 0.6 is 11.3 Å². The van der Waals surface area contributed by atoms with E-state index in [0.717, 1.165) is 12.1 Å². The van der Waals surface area contributed by atoms with Gasteiger partial charge in [-0.1, -0.05) is 0 Å². The molecule has 0 radical (unpaired) electrons. The molecule has 0 atom stereocenters. The second kappa shape index (κ2) is 8.45. The Hall–Kier alpha value is 0.139. The molecule has 0 aliphatic carbocycles. The number of rotatable bonds is 8. The summed E-state index contributed by atoms with van der Waals surface area (Å²) in [5.41, 5.74) is 0.918. The fourth-order valence-corrected chi connectivity index (χ4v) is 3.45. The second-order valence-electron chi connectivity index (χ2n) is 2.76. The van der Waals surface area contributed by atoms with Gasteiger partial charge >= 0.3 is 95.7 Å². The van der Waals surface area contributed by atoms with Crippen molar-refractivity contribution in [1.82, 2.24) is 0 Å². The number of thiophene rings is 1. The first kappa shape index (κ1) is 12.2. The molecule has 0 fully saturated rings. The van der Waals surface area contributed by atoms with Crippen molar-refractivity contribution in [3.8, 4) is 0 Å². The van der Waals surface area contributed by atoms with Crippen molar-refractivity contribution in [3.63, 3.8) is 0 Å². The monoisotopic (exact) mass is 280 g/mol. The van der Waals surface area contributed by atoms with Gasteiger partial charge in [0.1, 0.15) is 0 Å². The molecule has 14 heavy (non-hydrogen) atoms. The Morgan fingerprint density at radius 3 is 3.07 bits per heavy atom. The van der Waals surface area contributed by atoms with Gasteiger partial charge in [0, 0.05) is 0 Å². The van der Waals surface area contributed by atoms with E-state index in [-0.39, 0.29) is 0 Å². The average Bonchev–Trinajstić information content (AvgIpc) is 2.69. The van der Waals surface area contributed by atoms with Crippen molar-refractivity contribution in [1.29, 1.82) is 0 Å². The molecule has 0 saturated heterocycles. The van der Waals surface area contributed by atoms with Gasteiger partial charge in [-0.3, -0.25) is 0 Å². The molecule has 0 aliphatic rings. The summed E-state index contributed by atoms with van der Waals surface area (Å²) in [6.45, 7) is 1.44. The van der Waals surface area contributed by atoms with Crippen LogP contribution in [0.3, 0.4) is 0 Å². The fraction of sp³-hybridized carbons (Fsp3) is 0.600. The van der Waals surface area contributed by atoms with Crippen molar-refractivity contribution < 1.29 is 9.47 Å². The topological polar surface area (TPSA) is 18.5 Å². The predicted octanol–water partition coefficient (Wildman–Crippen LogP) is 2.03. The molecule has 0 aliphatic heterocycles. The molecule has 0 saturated carbocycles. The zero-order valence-corrected chi connectivity index (χ0v) is 10.9. The molecule has 1 aromatic rings. The van der Waals surface area contributed by atoms with Crippen LogP contribution in [0.15, 0.2) is 17.5 Å². The molecular weight excluding hydrogens is 263 g/mol. The van der Waals surface area contributed by atoms with E-state index in [2.05, 4.69) is 17.5 Å². The third-order valence-corrected chi connectivity index (χ3v) is 4.34. The quantitative estimate of drug-likeness (QED) is 0.535. The Morgan fingerprint density at radius 1 is 1.43 bits per heavy atom. The van der Waals surface area contributed by atoms with Gasteiger partial charge in [0.25, 0.3) is 0 Å². The van der Waals surface area contributed by atoms with Crippen LogP contribution in [-0.4, -0.2) is 40.8 Å². The number of aryl methyl sites for hydroxylation is 1. The Balaban J connectivity index is 1.85. The van der Waals surface area contributed by atoms with E-state index in [1.807, 2.05) is 11.3 Å². The van der Waals surface area contributed by atoms with E-state index in [0.29, 0.717) is 21.6 Å². The molecule has 0 spiro atoms. The Morgan fingerprint density at radius 2 is 2.36 bits per heavy atom. The van der Waals surface area contributed by atoms with Crippen LogP contribution in [0.5, 0.6) is 0 Å². The standard InChI is InChI=1S/C10H16O2SSe/c1-11-5-6-12-9-14-8-4-10-3-2-7-13-10/h2-3,7H,4-6,8-9H2,1H3. The average molecular weight is 279 g/mol. The van der Waals surface area contributed by atoms with Crippen LogP contribution in [0.2, 0.25) is 5.32 Å². The van der Waals surface area contributed by atoms with E-state index in [4.69, 9.17) is 9.47 Å². The maximum atomic E-state index is 5.40. The van der Waals surface area contributed by atoms with Crippen LogP contribution in [0.25, 0.3) is 0 Å². The third-order valence-electron chi connectivity index (χ3n) is 1.67. The van der Waals surface area contributed by atoms with Crippen LogP contribution in [0.4, 0.5) is 0 Å². The normalized spacial score (nSPS) is 10.6. The predicted molar refractivity (Wildman–Crippen MR) is 61.3 cm³/mol. The van der Waals surface area contributed by atoms with Crippen molar-refractivity contribution in [2.45, 2.75) is 11.7 Å². The number of hydrogen-bond donors (Lipinski definition) is 0. The summed E-state index contributed by atoms with van der Waals surface area (Å²) in [5, 5.41) is 3.41. The Labute approximate surface area is 95.8 Å². The summed E-state index contributed by atoms with van der Waals surface area (Å²) >= 11 is 2.47. The van der Waals surface area contributed by atoms with Gasteiger partial charge in [0.15, 0.2) is 0 Å². The summed E-state index contributed by atoms with van der Waals surface area (Å²) < 4.78 is 10.3. The zero-order chi connectivity index (χ0) is 10.1. The summed E-state index contributed by atoms with van der Waals surface area (Å²) in [6, 6.07) is 4.31. The van der Waals surface area contributed by atoms with Crippen LogP contribution in [-0.2, 0) is 15.9 Å². The Bertz CT molecular complexity index is 214. The molecule has 0 N–H and O–H groups in total. The number of ether oxygens (including phenoxy) is 2. The first-order valence-corrected chi connectivity index (χ1v) is 7.90. The summed E-state index contributed by atoms with van der Waals surface area (Å²) in [6.07, 6.45) is 1.21. The summed E-state index contributed by atoms with van der Waals surface area (Å²) in [7, 11) is 1.70. The fourth-order valence-electron chi connectivity index (χ4n) is 0.947. The molecule has 2 nitrogen and oxygen atoms in total. The van der Waals surface area contributed by atoms with Gasteiger partial charge < -0.3 is 0 Å². The molecule has 80 valence electrons. The van der Waals surface area contributed by atoms with Crippen LogP contribution in [0.1, 0.15) is 4.88 Å². The van der Waals surface area contributed by atoms with Crippen molar-refractivity contribution >= 4 is 26.3 Å². The molecule has 4 heteroatoms. The first-order valence-electron chi connectivity index (χ1n) is 4.60. The number of methoxy groups -OCH3 is 1. The van der Waals surface area contributed by atoms with Gasteiger partial charge in [0.05, 0.1) is 0 Å². The molecule has 0 amide bonds. The van der Waals surface area contributed by atoms with Gasteiger partial charge in [-0.05, 0) is 0 Å². The molecule has 0 unspecified atom stereocenters. The van der Waals surface area contributed by atoms with Crippen molar-refractivity contribution in [2.75, 3.05) is 25.8 Å². The van der Waals surface area contributed by atoms with E-state index >= 15 is 0 Å². The third kappa shape index (κ3) is 5.78. The second-order valence-corrected chi connectivity index (χ2v) is 6.00. The first-order chi connectivity index (χ1) is 6.93. The van der Waals surface area contributed by atoms with Crippen LogP contribution in [0, 0.1) is 0 Å². The van der Waals surface area contributed by atoms with Gasteiger partial charge in [-0.2, -0.15) is 0 Å². The van der Waals surface area contributed by atoms with Gasteiger partial charge in [-0.15, -0.1) is 0 Å². The van der Waals surface area contributed by atoms with Crippen molar-refractivity contribution in [3.05, 3.63) is 22.4 Å². The molecular formula is C10H16O2SSe. The van der Waals surface area contributed by atoms with E-state index in [1.165, 1.54) is 16.6 Å². The van der Waals surface area contributed by atoms with E-state index < -0.39 is 0 Å². The summed E-state index contributed by atoms with van der Waals surface area (Å²) in [5.74, 6) is 0. The minimum atomic E-state index is 0.623. The summed E-state index contributed by atoms with van der Waals surface area (Å²) in [4.78, 5) is 1.49. The molecule has 0 bridgehead atoms. The van der Waals surface area contributed by atoms with E-state index in [9.17, 15) is 0 Å². The molecule has 0 aromatic carbocycles. The molecule has 1 heterocycles. The SMILES string of the molecule is COCCOC[Se]CCc1cccs1. The van der Waals surface area contributed by atoms with Gasteiger partial charge in [0.2, 0.25) is 0 Å². The zero-order valence-electron chi connectivity index (χ0n) is 8.40. The number of hydrogen-bond acceptors (Lipinski definition) is 3. The molecule has 1 aromatic heterocycles. The van der Waals surface area contributed by atoms with Gasteiger partial charge in [-0.25, -0.2) is 0 Å². The Kier molecular flexibility index (Phi) is 7.37. The van der Waals surface area contributed by atoms with Crippen molar-refractivity contribution in [2.24, 2.45) is 0 Å². The van der Waals surface area contributed by atoms with Crippen LogP contribution < -0.4 is 0 Å². The maximum absolute atomic E-state index is 5.40. The van der Waals surface area contributed by atoms with E-state index in [1.54, 1.807) is 7.11 Å².